The third kappa shape index (κ3) is 4.42. The molecule has 0 spiro atoms. The van der Waals surface area contributed by atoms with Crippen molar-refractivity contribution in [2.24, 2.45) is 5.73 Å². The van der Waals surface area contributed by atoms with Gasteiger partial charge in [0.1, 0.15) is 11.4 Å². The Morgan fingerprint density at radius 1 is 1.30 bits per heavy atom. The first kappa shape index (κ1) is 24.8. The minimum atomic E-state index is -2.75. The van der Waals surface area contributed by atoms with Crippen molar-refractivity contribution >= 4 is 40.3 Å². The van der Waals surface area contributed by atoms with Crippen molar-refractivity contribution in [1.29, 1.82) is 0 Å². The molecule has 12 heteroatoms. The van der Waals surface area contributed by atoms with Gasteiger partial charge < -0.3 is 20.5 Å². The molecule has 1 aliphatic heterocycles. The predicted octanol–water partition coefficient (Wildman–Crippen LogP) is 3.35. The SMILES string of the molecule is C=CC(=O)N1C[C@@H](n2nc(C#Cc3cc4ncn(C5CC5)c4cc3Cl)c(C(N)=O)c2NC)C[C@@H]1C(F)F. The van der Waals surface area contributed by atoms with Crippen LogP contribution in [0, 0.1) is 11.8 Å². The normalized spacial score (nSPS) is 19.2. The molecule has 1 aliphatic carbocycles. The van der Waals surface area contributed by atoms with E-state index in [-0.39, 0.29) is 30.0 Å². The van der Waals surface area contributed by atoms with Crippen LogP contribution in [-0.2, 0) is 4.79 Å². The van der Waals surface area contributed by atoms with Gasteiger partial charge in [-0.25, -0.2) is 18.4 Å². The number of primary amides is 1. The number of benzene rings is 1. The monoisotopic (exact) mass is 527 g/mol. The van der Waals surface area contributed by atoms with Gasteiger partial charge in [-0.2, -0.15) is 5.10 Å². The number of nitrogens with one attached hydrogen (secondary N) is 1. The van der Waals surface area contributed by atoms with Gasteiger partial charge in [-0.3, -0.25) is 9.59 Å². The highest BCUT2D eigenvalue weighted by molar-refractivity contribution is 6.32. The molecule has 9 nitrogen and oxygen atoms in total. The molecule has 1 saturated carbocycles. The Labute approximate surface area is 216 Å². The second-order valence-corrected chi connectivity index (χ2v) is 9.48. The molecule has 3 aromatic rings. The number of aromatic nitrogens is 4. The number of hydrogen-bond acceptors (Lipinski definition) is 5. The van der Waals surface area contributed by atoms with E-state index in [1.807, 2.05) is 6.07 Å². The molecule has 0 bridgehead atoms. The maximum Gasteiger partial charge on any atom is 0.258 e. The van der Waals surface area contributed by atoms with Crippen LogP contribution < -0.4 is 11.1 Å². The van der Waals surface area contributed by atoms with Gasteiger partial charge in [0, 0.05) is 25.2 Å². The lowest BCUT2D eigenvalue weighted by Crippen LogP contribution is -2.38. The molecule has 37 heavy (non-hydrogen) atoms. The van der Waals surface area contributed by atoms with E-state index in [1.54, 1.807) is 19.4 Å². The first-order valence-electron chi connectivity index (χ1n) is 11.7. The molecule has 2 fully saturated rings. The van der Waals surface area contributed by atoms with Crippen LogP contribution in [0.5, 0.6) is 0 Å². The van der Waals surface area contributed by atoms with Gasteiger partial charge in [-0.1, -0.05) is 24.1 Å². The maximum atomic E-state index is 13.7. The number of amides is 2. The van der Waals surface area contributed by atoms with Crippen molar-refractivity contribution in [1.82, 2.24) is 24.2 Å². The largest absolute Gasteiger partial charge is 0.373 e. The molecule has 1 aromatic carbocycles. The second kappa shape index (κ2) is 9.52. The number of carbonyl (C=O) groups excluding carboxylic acids is 2. The van der Waals surface area contributed by atoms with E-state index in [2.05, 4.69) is 38.4 Å². The highest BCUT2D eigenvalue weighted by Crippen LogP contribution is 2.38. The number of anilines is 1. The number of fused-ring (bicyclic) bond motifs is 1. The zero-order chi connectivity index (χ0) is 26.4. The van der Waals surface area contributed by atoms with E-state index >= 15 is 0 Å². The summed E-state index contributed by atoms with van der Waals surface area (Å²) in [6.45, 7) is 3.36. The fourth-order valence-corrected chi connectivity index (χ4v) is 5.01. The van der Waals surface area contributed by atoms with Gasteiger partial charge in [-0.05, 0) is 43.4 Å². The number of nitrogens with zero attached hydrogens (tertiary/aromatic N) is 5. The number of halogens is 3. The molecule has 2 amide bonds. The third-order valence-electron chi connectivity index (χ3n) is 6.73. The van der Waals surface area contributed by atoms with Crippen LogP contribution >= 0.6 is 11.6 Å². The number of imidazole rings is 1. The summed E-state index contributed by atoms with van der Waals surface area (Å²) in [5, 5.41) is 7.75. The van der Waals surface area contributed by atoms with Crippen molar-refractivity contribution in [3.8, 4) is 11.8 Å². The van der Waals surface area contributed by atoms with Gasteiger partial charge in [-0.15, -0.1) is 0 Å². The van der Waals surface area contributed by atoms with Crippen molar-refractivity contribution in [2.75, 3.05) is 18.9 Å². The lowest BCUT2D eigenvalue weighted by molar-refractivity contribution is -0.129. The van der Waals surface area contributed by atoms with Crippen LogP contribution in [-0.4, -0.2) is 62.1 Å². The molecule has 0 radical (unpaired) electrons. The van der Waals surface area contributed by atoms with Crippen LogP contribution in [0.3, 0.4) is 0 Å². The minimum Gasteiger partial charge on any atom is -0.373 e. The number of nitrogens with two attached hydrogens (primary N) is 1. The number of carbonyl (C=O) groups is 2. The van der Waals surface area contributed by atoms with Crippen LogP contribution in [0.1, 0.15) is 53.0 Å². The Morgan fingerprint density at radius 2 is 2.05 bits per heavy atom. The quantitative estimate of drug-likeness (QED) is 0.377. The summed E-state index contributed by atoms with van der Waals surface area (Å²) < 4.78 is 30.9. The smallest absolute Gasteiger partial charge is 0.258 e. The van der Waals surface area contributed by atoms with E-state index in [9.17, 15) is 18.4 Å². The Balaban J connectivity index is 1.53. The van der Waals surface area contributed by atoms with Crippen molar-refractivity contribution in [2.45, 2.75) is 43.8 Å². The number of hydrogen-bond donors (Lipinski definition) is 2. The van der Waals surface area contributed by atoms with Gasteiger partial charge >= 0.3 is 0 Å². The van der Waals surface area contributed by atoms with E-state index in [0.29, 0.717) is 16.6 Å². The summed E-state index contributed by atoms with van der Waals surface area (Å²) in [4.78, 5) is 30.1. The highest BCUT2D eigenvalue weighted by Gasteiger charge is 2.42. The fourth-order valence-electron chi connectivity index (χ4n) is 4.80. The summed E-state index contributed by atoms with van der Waals surface area (Å²) >= 11 is 6.51. The molecular formula is C25H24ClF2N7O2. The topological polar surface area (TPSA) is 111 Å². The van der Waals surface area contributed by atoms with Crippen LogP contribution in [0.15, 0.2) is 31.1 Å². The molecule has 5 rings (SSSR count). The summed E-state index contributed by atoms with van der Waals surface area (Å²) in [5.41, 5.74) is 7.90. The van der Waals surface area contributed by atoms with Crippen LogP contribution in [0.2, 0.25) is 5.02 Å². The van der Waals surface area contributed by atoms with Crippen molar-refractivity contribution in [3.63, 3.8) is 0 Å². The summed E-state index contributed by atoms with van der Waals surface area (Å²) in [5.74, 6) is 4.66. The van der Waals surface area contributed by atoms with Gasteiger partial charge in [0.05, 0.1) is 34.5 Å². The maximum absolute atomic E-state index is 13.7. The van der Waals surface area contributed by atoms with Crippen LogP contribution in [0.4, 0.5) is 14.6 Å². The molecular weight excluding hydrogens is 504 g/mol. The van der Waals surface area contributed by atoms with Gasteiger partial charge in [0.25, 0.3) is 12.3 Å². The third-order valence-corrected chi connectivity index (χ3v) is 7.04. The van der Waals surface area contributed by atoms with E-state index in [0.717, 1.165) is 34.9 Å². The van der Waals surface area contributed by atoms with Crippen molar-refractivity contribution in [3.05, 3.63) is 53.0 Å². The Bertz CT molecular complexity index is 1480. The summed E-state index contributed by atoms with van der Waals surface area (Å²) in [7, 11) is 1.56. The Hall–Kier alpha value is -3.91. The average molecular weight is 528 g/mol. The van der Waals surface area contributed by atoms with Crippen LogP contribution in [0.25, 0.3) is 11.0 Å². The fraction of sp³-hybridized carbons (Fsp3) is 0.360. The predicted molar refractivity (Wildman–Crippen MR) is 135 cm³/mol. The van der Waals surface area contributed by atoms with E-state index in [1.165, 1.54) is 4.68 Å². The molecule has 3 N–H and O–H groups in total. The Morgan fingerprint density at radius 3 is 2.68 bits per heavy atom. The summed E-state index contributed by atoms with van der Waals surface area (Å²) in [6.07, 6.45) is 2.18. The lowest BCUT2D eigenvalue weighted by atomic mass is 10.1. The van der Waals surface area contributed by atoms with Crippen molar-refractivity contribution < 1.29 is 18.4 Å². The standard InChI is InChI=1S/C25H24ClF2N7O2/c1-3-21(36)33-11-15(9-20(33)23(27)28)35-25(30-2)22(24(29)37)17(32-35)7-4-13-8-18-19(10-16(13)26)34(12-31-18)14-5-6-14/h3,8,10,12,14-15,20,23,30H,1,5-6,9,11H2,2H3,(H2,29,37)/t15-,20+/m0/s1. The highest BCUT2D eigenvalue weighted by atomic mass is 35.5. The molecule has 192 valence electrons. The zero-order valence-electron chi connectivity index (χ0n) is 19.9. The second-order valence-electron chi connectivity index (χ2n) is 9.07. The van der Waals surface area contributed by atoms with E-state index < -0.39 is 30.3 Å². The minimum absolute atomic E-state index is 0.0207. The number of likely N-dealkylation sites (tertiary alicyclic amines) is 1. The van der Waals surface area contributed by atoms with E-state index in [4.69, 9.17) is 17.3 Å². The zero-order valence-corrected chi connectivity index (χ0v) is 20.7. The van der Waals surface area contributed by atoms with Gasteiger partial charge in [0.15, 0.2) is 5.69 Å². The molecule has 2 atom stereocenters. The molecule has 0 unspecified atom stereocenters. The number of alkyl halides is 2. The lowest BCUT2D eigenvalue weighted by Gasteiger charge is -2.21. The summed E-state index contributed by atoms with van der Waals surface area (Å²) in [6, 6.07) is 2.08. The Kier molecular flexibility index (Phi) is 6.37. The first-order chi connectivity index (χ1) is 17.7. The number of rotatable bonds is 6. The first-order valence-corrected chi connectivity index (χ1v) is 12.1. The molecule has 1 saturated heterocycles. The molecule has 2 aliphatic rings. The molecule has 2 aromatic heterocycles. The van der Waals surface area contributed by atoms with Gasteiger partial charge in [0.2, 0.25) is 5.91 Å². The molecule has 3 heterocycles. The average Bonchev–Trinajstić information content (AvgIpc) is 3.31.